The summed E-state index contributed by atoms with van der Waals surface area (Å²) >= 11 is 5.60. The van der Waals surface area contributed by atoms with E-state index in [0.717, 1.165) is 0 Å². The van der Waals surface area contributed by atoms with E-state index in [9.17, 15) is 29.4 Å². The van der Waals surface area contributed by atoms with Gasteiger partial charge in [-0.05, 0) is 49.0 Å². The lowest BCUT2D eigenvalue weighted by Crippen LogP contribution is -2.58. The number of hydrogen-bond acceptors (Lipinski definition) is 9. The number of carbonyl (C=O) groups is 4. The highest BCUT2D eigenvalue weighted by Gasteiger charge is 2.29. The summed E-state index contributed by atoms with van der Waals surface area (Å²) in [4.78, 5) is 53.9. The molecule has 3 amide bonds. The predicted molar refractivity (Wildman–Crippen MR) is 150 cm³/mol. The Morgan fingerprint density at radius 1 is 0.974 bits per heavy atom. The average molecular weight is 572 g/mol. The molecule has 212 valence electrons. The van der Waals surface area contributed by atoms with Crippen LogP contribution in [0.25, 0.3) is 0 Å². The number of carboxylic acids is 1. The smallest absolute Gasteiger partial charge is 0.326 e. The van der Waals surface area contributed by atoms with Crippen LogP contribution in [0.15, 0.2) is 29.3 Å². The van der Waals surface area contributed by atoms with Gasteiger partial charge in [0.25, 0.3) is 0 Å². The number of nitrogens with two attached hydrogens (primary N) is 3. The SMILES string of the molecule is CSCCC(NC(=O)C(N)CCCN=C(N)N)C(=O)NC(CS)C(=O)NC(Cc1ccc(O)cc1)C(=O)O. The third kappa shape index (κ3) is 12.4. The van der Waals surface area contributed by atoms with Gasteiger partial charge in [-0.25, -0.2) is 4.79 Å². The fourth-order valence-corrected chi connectivity index (χ4v) is 3.97. The zero-order valence-electron chi connectivity index (χ0n) is 21.1. The molecule has 4 unspecified atom stereocenters. The first kappa shape index (κ1) is 32.9. The van der Waals surface area contributed by atoms with E-state index in [2.05, 4.69) is 33.6 Å². The maximum Gasteiger partial charge on any atom is 0.326 e. The number of carbonyl (C=O) groups excluding carboxylic acids is 3. The van der Waals surface area contributed by atoms with Gasteiger partial charge in [0.05, 0.1) is 6.04 Å². The van der Waals surface area contributed by atoms with Gasteiger partial charge in [0, 0.05) is 18.7 Å². The second-order valence-corrected chi connectivity index (χ2v) is 9.76. The van der Waals surface area contributed by atoms with Crippen LogP contribution in [0.5, 0.6) is 5.75 Å². The van der Waals surface area contributed by atoms with Crippen LogP contribution >= 0.6 is 24.4 Å². The Bertz CT molecular complexity index is 960. The van der Waals surface area contributed by atoms with Gasteiger partial charge in [0.1, 0.15) is 23.9 Å². The third-order valence-electron chi connectivity index (χ3n) is 5.35. The van der Waals surface area contributed by atoms with E-state index in [0.29, 0.717) is 30.7 Å². The molecule has 1 rings (SSSR count). The van der Waals surface area contributed by atoms with Gasteiger partial charge in [-0.15, -0.1) is 0 Å². The highest BCUT2D eigenvalue weighted by Crippen LogP contribution is 2.12. The average Bonchev–Trinajstić information content (AvgIpc) is 2.87. The van der Waals surface area contributed by atoms with Crippen molar-refractivity contribution in [3.63, 3.8) is 0 Å². The second kappa shape index (κ2) is 17.4. The summed E-state index contributed by atoms with van der Waals surface area (Å²) in [7, 11) is 0. The molecule has 1 aromatic carbocycles. The van der Waals surface area contributed by atoms with Gasteiger partial charge >= 0.3 is 5.97 Å². The highest BCUT2D eigenvalue weighted by atomic mass is 32.2. The Morgan fingerprint density at radius 2 is 1.55 bits per heavy atom. The van der Waals surface area contributed by atoms with Crippen molar-refractivity contribution < 1.29 is 29.4 Å². The number of carboxylic acid groups (broad SMARTS) is 1. The zero-order valence-corrected chi connectivity index (χ0v) is 22.8. The van der Waals surface area contributed by atoms with Gasteiger partial charge in [0.2, 0.25) is 17.7 Å². The largest absolute Gasteiger partial charge is 0.508 e. The Balaban J connectivity index is 2.80. The molecule has 13 nitrogen and oxygen atoms in total. The summed E-state index contributed by atoms with van der Waals surface area (Å²) in [6, 6.07) is 1.59. The lowest BCUT2D eigenvalue weighted by molar-refractivity contribution is -0.142. The number of guanidine groups is 1. The molecule has 0 bridgehead atoms. The normalized spacial score (nSPS) is 13.9. The van der Waals surface area contributed by atoms with Crippen molar-refractivity contribution in [1.82, 2.24) is 16.0 Å². The molecule has 1 aromatic rings. The maximum atomic E-state index is 13.0. The summed E-state index contributed by atoms with van der Waals surface area (Å²) in [5, 5.41) is 26.5. The van der Waals surface area contributed by atoms with Crippen molar-refractivity contribution in [2.45, 2.75) is 49.9 Å². The van der Waals surface area contributed by atoms with Gasteiger partial charge in [-0.1, -0.05) is 12.1 Å². The van der Waals surface area contributed by atoms with Crippen molar-refractivity contribution in [1.29, 1.82) is 0 Å². The number of rotatable bonds is 17. The minimum Gasteiger partial charge on any atom is -0.508 e. The first-order valence-corrected chi connectivity index (χ1v) is 13.8. The third-order valence-corrected chi connectivity index (χ3v) is 6.36. The molecular weight excluding hydrogens is 534 g/mol. The Labute approximate surface area is 231 Å². The quantitative estimate of drug-likeness (QED) is 0.0456. The van der Waals surface area contributed by atoms with Crippen LogP contribution < -0.4 is 33.2 Å². The number of nitrogens with one attached hydrogen (secondary N) is 3. The first-order valence-electron chi connectivity index (χ1n) is 11.8. The topological polar surface area (TPSA) is 235 Å². The van der Waals surface area contributed by atoms with E-state index in [4.69, 9.17) is 17.2 Å². The molecule has 38 heavy (non-hydrogen) atoms. The molecule has 0 spiro atoms. The standard InChI is InChI=1S/C23H37N7O6S2/c1-38-10-8-16(28-19(32)15(24)3-2-9-27-23(25)26)20(33)30-18(12-37)21(34)29-17(22(35)36)11-13-4-6-14(31)7-5-13/h4-7,15-18,31,37H,2-3,8-12,24H2,1H3,(H,28,32)(H,29,34)(H,30,33)(H,35,36)(H4,25,26,27). The molecule has 15 heteroatoms. The molecule has 0 saturated carbocycles. The van der Waals surface area contributed by atoms with Gasteiger partial charge < -0.3 is 43.4 Å². The van der Waals surface area contributed by atoms with Crippen molar-refractivity contribution in [2.24, 2.45) is 22.2 Å². The zero-order chi connectivity index (χ0) is 28.7. The van der Waals surface area contributed by atoms with E-state index in [-0.39, 0.29) is 30.3 Å². The van der Waals surface area contributed by atoms with Crippen molar-refractivity contribution >= 4 is 54.0 Å². The molecule has 0 fully saturated rings. The maximum absolute atomic E-state index is 13.0. The number of amides is 3. The Kier molecular flexibility index (Phi) is 15.0. The Hall–Kier alpha value is -3.17. The number of hydrogen-bond donors (Lipinski definition) is 9. The van der Waals surface area contributed by atoms with Crippen LogP contribution in [0.3, 0.4) is 0 Å². The molecule has 0 saturated heterocycles. The van der Waals surface area contributed by atoms with Gasteiger partial charge in [-0.2, -0.15) is 24.4 Å². The molecule has 0 aromatic heterocycles. The summed E-state index contributed by atoms with van der Waals surface area (Å²) in [6.45, 7) is 0.308. The number of nitrogens with zero attached hydrogens (tertiary/aromatic N) is 1. The number of thioether (sulfide) groups is 1. The number of phenols is 1. The monoisotopic (exact) mass is 571 g/mol. The van der Waals surface area contributed by atoms with E-state index in [1.54, 1.807) is 12.1 Å². The summed E-state index contributed by atoms with van der Waals surface area (Å²) in [5.41, 5.74) is 17.1. The van der Waals surface area contributed by atoms with E-state index < -0.39 is 47.9 Å². The fourth-order valence-electron chi connectivity index (χ4n) is 3.24. The van der Waals surface area contributed by atoms with Crippen LogP contribution in [0.2, 0.25) is 0 Å². The minimum absolute atomic E-state index is 0.0255. The van der Waals surface area contributed by atoms with E-state index in [1.807, 2.05) is 6.26 Å². The lowest BCUT2D eigenvalue weighted by Gasteiger charge is -2.24. The molecule has 0 radical (unpaired) electrons. The fraction of sp³-hybridized carbons (Fsp3) is 0.522. The number of phenolic OH excluding ortho intramolecular Hbond substituents is 1. The summed E-state index contributed by atoms with van der Waals surface area (Å²) in [5.74, 6) is -2.78. The van der Waals surface area contributed by atoms with Crippen LogP contribution in [-0.4, -0.2) is 88.3 Å². The highest BCUT2D eigenvalue weighted by molar-refractivity contribution is 7.98. The number of benzene rings is 1. The van der Waals surface area contributed by atoms with E-state index >= 15 is 0 Å². The second-order valence-electron chi connectivity index (χ2n) is 8.41. The lowest BCUT2D eigenvalue weighted by atomic mass is 10.1. The molecular formula is C23H37N7O6S2. The number of aliphatic imine (C=N–C) groups is 1. The number of aromatic hydroxyl groups is 1. The van der Waals surface area contributed by atoms with Crippen molar-refractivity contribution in [3.8, 4) is 5.75 Å². The van der Waals surface area contributed by atoms with Gasteiger partial charge in [0.15, 0.2) is 5.96 Å². The van der Waals surface area contributed by atoms with Crippen molar-refractivity contribution in [3.05, 3.63) is 29.8 Å². The summed E-state index contributed by atoms with van der Waals surface area (Å²) < 4.78 is 0. The molecule has 0 aliphatic carbocycles. The molecule has 0 aliphatic rings. The number of aliphatic carboxylic acids is 1. The van der Waals surface area contributed by atoms with Gasteiger partial charge in [-0.3, -0.25) is 19.4 Å². The molecule has 0 aliphatic heterocycles. The van der Waals surface area contributed by atoms with Crippen molar-refractivity contribution in [2.75, 3.05) is 24.3 Å². The molecule has 4 atom stereocenters. The Morgan fingerprint density at radius 3 is 2.11 bits per heavy atom. The van der Waals surface area contributed by atoms with E-state index in [1.165, 1.54) is 23.9 Å². The number of thiol groups is 1. The van der Waals surface area contributed by atoms with Crippen LogP contribution in [0.1, 0.15) is 24.8 Å². The van der Waals surface area contributed by atoms with Crippen LogP contribution in [0, 0.1) is 0 Å². The first-order chi connectivity index (χ1) is 18.0. The van der Waals surface area contributed by atoms with Crippen LogP contribution in [-0.2, 0) is 25.6 Å². The summed E-state index contributed by atoms with van der Waals surface area (Å²) in [6.07, 6.45) is 2.83. The minimum atomic E-state index is -1.28. The molecule has 11 N–H and O–H groups in total. The van der Waals surface area contributed by atoms with Crippen LogP contribution in [0.4, 0.5) is 0 Å². The molecule has 0 heterocycles. The predicted octanol–water partition coefficient (Wildman–Crippen LogP) is -1.46.